The van der Waals surface area contributed by atoms with Crippen molar-refractivity contribution in [1.82, 2.24) is 9.80 Å². The lowest BCUT2D eigenvalue weighted by Gasteiger charge is -2.37. The average molecular weight is 295 g/mol. The van der Waals surface area contributed by atoms with Gasteiger partial charge in [-0.2, -0.15) is 0 Å². The zero-order valence-corrected chi connectivity index (χ0v) is 12.7. The standard InChI is InChI=1S/C18H21N3O/c22-18(21-12-11-20-10-4-7-15(20)13-21)19-17-9-3-6-14-5-1-2-8-16(14)17/h1-3,5-6,8-9,15H,4,7,10-13H2,(H,19,22)/t15-/m0/s1. The van der Waals surface area contributed by atoms with E-state index in [9.17, 15) is 4.79 Å². The van der Waals surface area contributed by atoms with Crippen molar-refractivity contribution in [3.63, 3.8) is 0 Å². The number of urea groups is 1. The molecule has 0 unspecified atom stereocenters. The SMILES string of the molecule is O=C(Nc1cccc2ccccc12)N1CCN2CCC[C@H]2C1. The number of anilines is 1. The minimum Gasteiger partial charge on any atom is -0.322 e. The van der Waals surface area contributed by atoms with Crippen LogP contribution in [0.3, 0.4) is 0 Å². The van der Waals surface area contributed by atoms with Gasteiger partial charge in [0.1, 0.15) is 0 Å². The second kappa shape index (κ2) is 5.61. The van der Waals surface area contributed by atoms with Gasteiger partial charge in [0.15, 0.2) is 0 Å². The van der Waals surface area contributed by atoms with Gasteiger partial charge < -0.3 is 10.2 Å². The maximum Gasteiger partial charge on any atom is 0.321 e. The van der Waals surface area contributed by atoms with Gasteiger partial charge in [-0.1, -0.05) is 36.4 Å². The summed E-state index contributed by atoms with van der Waals surface area (Å²) >= 11 is 0. The van der Waals surface area contributed by atoms with Crippen LogP contribution >= 0.6 is 0 Å². The number of carbonyl (C=O) groups excluding carboxylic acids is 1. The van der Waals surface area contributed by atoms with E-state index in [2.05, 4.69) is 28.4 Å². The van der Waals surface area contributed by atoms with E-state index in [0.717, 1.165) is 36.1 Å². The minimum atomic E-state index is 0.0305. The molecule has 4 heteroatoms. The summed E-state index contributed by atoms with van der Waals surface area (Å²) in [5, 5.41) is 5.35. The van der Waals surface area contributed by atoms with Gasteiger partial charge in [0.05, 0.1) is 5.69 Å². The fraction of sp³-hybridized carbons (Fsp3) is 0.389. The van der Waals surface area contributed by atoms with Gasteiger partial charge in [-0.15, -0.1) is 0 Å². The third-order valence-electron chi connectivity index (χ3n) is 4.91. The maximum atomic E-state index is 12.6. The Hall–Kier alpha value is -2.07. The second-order valence-corrected chi connectivity index (χ2v) is 6.23. The van der Waals surface area contributed by atoms with E-state index in [1.54, 1.807) is 0 Å². The average Bonchev–Trinajstić information content (AvgIpc) is 3.02. The van der Waals surface area contributed by atoms with Crippen LogP contribution in [0.25, 0.3) is 10.8 Å². The number of carbonyl (C=O) groups is 1. The molecule has 2 amide bonds. The summed E-state index contributed by atoms with van der Waals surface area (Å²) in [6.07, 6.45) is 2.49. The first kappa shape index (κ1) is 13.6. The Bertz CT molecular complexity index is 694. The summed E-state index contributed by atoms with van der Waals surface area (Å²) in [6.45, 7) is 3.89. The molecule has 1 atom stereocenters. The molecular weight excluding hydrogens is 274 g/mol. The van der Waals surface area contributed by atoms with Crippen molar-refractivity contribution in [2.24, 2.45) is 0 Å². The molecule has 2 saturated heterocycles. The van der Waals surface area contributed by atoms with Gasteiger partial charge in [-0.05, 0) is 30.8 Å². The molecule has 4 nitrogen and oxygen atoms in total. The predicted octanol–water partition coefficient (Wildman–Crippen LogP) is 3.15. The van der Waals surface area contributed by atoms with Crippen molar-refractivity contribution in [3.8, 4) is 0 Å². The van der Waals surface area contributed by atoms with E-state index in [-0.39, 0.29) is 6.03 Å². The molecule has 0 bridgehead atoms. The highest BCUT2D eigenvalue weighted by atomic mass is 16.2. The lowest BCUT2D eigenvalue weighted by Crippen LogP contribution is -2.53. The number of hydrogen-bond acceptors (Lipinski definition) is 2. The van der Waals surface area contributed by atoms with Crippen LogP contribution in [-0.2, 0) is 0 Å². The van der Waals surface area contributed by atoms with Gasteiger partial charge in [0.2, 0.25) is 0 Å². The van der Waals surface area contributed by atoms with Gasteiger partial charge in [-0.3, -0.25) is 4.90 Å². The Morgan fingerprint density at radius 2 is 1.91 bits per heavy atom. The lowest BCUT2D eigenvalue weighted by molar-refractivity contribution is 0.124. The molecule has 2 aromatic carbocycles. The van der Waals surface area contributed by atoms with Crippen molar-refractivity contribution in [1.29, 1.82) is 0 Å². The highest BCUT2D eigenvalue weighted by Gasteiger charge is 2.32. The minimum absolute atomic E-state index is 0.0305. The first-order valence-electron chi connectivity index (χ1n) is 8.09. The van der Waals surface area contributed by atoms with Gasteiger partial charge in [0, 0.05) is 31.1 Å². The van der Waals surface area contributed by atoms with Crippen LogP contribution in [0, 0.1) is 0 Å². The fourth-order valence-corrected chi connectivity index (χ4v) is 3.70. The molecule has 0 saturated carbocycles. The summed E-state index contributed by atoms with van der Waals surface area (Å²) < 4.78 is 0. The van der Waals surface area contributed by atoms with E-state index in [1.165, 1.54) is 19.4 Å². The molecule has 22 heavy (non-hydrogen) atoms. The molecule has 0 radical (unpaired) electrons. The monoisotopic (exact) mass is 295 g/mol. The highest BCUT2D eigenvalue weighted by molar-refractivity contribution is 6.01. The number of fused-ring (bicyclic) bond motifs is 2. The van der Waals surface area contributed by atoms with Crippen molar-refractivity contribution < 1.29 is 4.79 Å². The number of benzene rings is 2. The Labute approximate surface area is 130 Å². The number of piperazine rings is 1. The molecule has 2 fully saturated rings. The van der Waals surface area contributed by atoms with Crippen LogP contribution < -0.4 is 5.32 Å². The topological polar surface area (TPSA) is 35.6 Å². The third-order valence-corrected chi connectivity index (χ3v) is 4.91. The van der Waals surface area contributed by atoms with Crippen molar-refractivity contribution in [2.45, 2.75) is 18.9 Å². The molecule has 0 spiro atoms. The van der Waals surface area contributed by atoms with Crippen LogP contribution in [0.15, 0.2) is 42.5 Å². The maximum absolute atomic E-state index is 12.6. The zero-order chi connectivity index (χ0) is 14.9. The van der Waals surface area contributed by atoms with Gasteiger partial charge in [0.25, 0.3) is 0 Å². The largest absolute Gasteiger partial charge is 0.322 e. The van der Waals surface area contributed by atoms with Crippen molar-refractivity contribution in [2.75, 3.05) is 31.5 Å². The normalized spacial score (nSPS) is 21.8. The number of hydrogen-bond donors (Lipinski definition) is 1. The van der Waals surface area contributed by atoms with Crippen molar-refractivity contribution >= 4 is 22.5 Å². The van der Waals surface area contributed by atoms with Crippen LogP contribution in [0.4, 0.5) is 10.5 Å². The van der Waals surface area contributed by atoms with Gasteiger partial charge in [-0.25, -0.2) is 4.79 Å². The Kier molecular flexibility index (Phi) is 3.47. The summed E-state index contributed by atoms with van der Waals surface area (Å²) in [7, 11) is 0. The summed E-state index contributed by atoms with van der Waals surface area (Å²) in [4.78, 5) is 17.1. The fourth-order valence-electron chi connectivity index (χ4n) is 3.70. The highest BCUT2D eigenvalue weighted by Crippen LogP contribution is 2.25. The van der Waals surface area contributed by atoms with Crippen LogP contribution in [0.2, 0.25) is 0 Å². The Balaban J connectivity index is 1.51. The molecule has 2 aromatic rings. The molecular formula is C18H21N3O. The molecule has 2 aliphatic rings. The summed E-state index contributed by atoms with van der Waals surface area (Å²) in [5.74, 6) is 0. The molecule has 1 N–H and O–H groups in total. The van der Waals surface area contributed by atoms with E-state index >= 15 is 0 Å². The number of rotatable bonds is 1. The van der Waals surface area contributed by atoms with Crippen LogP contribution in [0.5, 0.6) is 0 Å². The quantitative estimate of drug-likeness (QED) is 0.877. The molecule has 4 rings (SSSR count). The Morgan fingerprint density at radius 3 is 2.86 bits per heavy atom. The third kappa shape index (κ3) is 2.44. The second-order valence-electron chi connectivity index (χ2n) is 6.23. The molecule has 0 aliphatic carbocycles. The summed E-state index contributed by atoms with van der Waals surface area (Å²) in [5.41, 5.74) is 0.900. The molecule has 2 heterocycles. The van der Waals surface area contributed by atoms with Crippen LogP contribution in [-0.4, -0.2) is 48.1 Å². The van der Waals surface area contributed by atoms with E-state index in [0.29, 0.717) is 6.04 Å². The van der Waals surface area contributed by atoms with E-state index in [4.69, 9.17) is 0 Å². The molecule has 114 valence electrons. The first-order valence-corrected chi connectivity index (χ1v) is 8.09. The van der Waals surface area contributed by atoms with Gasteiger partial charge >= 0.3 is 6.03 Å². The zero-order valence-electron chi connectivity index (χ0n) is 12.7. The molecule has 2 aliphatic heterocycles. The number of nitrogens with one attached hydrogen (secondary N) is 1. The smallest absolute Gasteiger partial charge is 0.321 e. The van der Waals surface area contributed by atoms with Crippen molar-refractivity contribution in [3.05, 3.63) is 42.5 Å². The number of nitrogens with zero attached hydrogens (tertiary/aromatic N) is 2. The van der Waals surface area contributed by atoms with E-state index < -0.39 is 0 Å². The Morgan fingerprint density at radius 1 is 1.05 bits per heavy atom. The van der Waals surface area contributed by atoms with E-state index in [1.807, 2.05) is 29.2 Å². The number of amides is 2. The first-order chi connectivity index (χ1) is 10.8. The lowest BCUT2D eigenvalue weighted by atomic mass is 10.1. The summed E-state index contributed by atoms with van der Waals surface area (Å²) in [6, 6.07) is 14.8. The predicted molar refractivity (Wildman–Crippen MR) is 89.1 cm³/mol. The van der Waals surface area contributed by atoms with Crippen LogP contribution in [0.1, 0.15) is 12.8 Å². The molecule has 0 aromatic heterocycles.